The number of alkyl halides is 6. The van der Waals surface area contributed by atoms with Crippen LogP contribution in [-0.4, -0.2) is 46.3 Å². The monoisotopic (exact) mass is 579 g/mol. The molecule has 1 spiro atoms. The Morgan fingerprint density at radius 3 is 2.05 bits per heavy atom. The Morgan fingerprint density at radius 2 is 1.51 bits per heavy atom. The minimum atomic E-state index is -5.11. The van der Waals surface area contributed by atoms with Crippen molar-refractivity contribution in [3.63, 3.8) is 0 Å². The van der Waals surface area contributed by atoms with Crippen LogP contribution >= 0.6 is 0 Å². The molecule has 0 unspecified atom stereocenters. The van der Waals surface area contributed by atoms with E-state index in [9.17, 15) is 40.7 Å². The molecule has 0 atom stereocenters. The quantitative estimate of drug-likeness (QED) is 0.270. The first-order valence-corrected chi connectivity index (χ1v) is 12.6. The number of hydrogen-bond acceptors (Lipinski definition) is 4. The van der Waals surface area contributed by atoms with Gasteiger partial charge in [-0.05, 0) is 61.7 Å². The Balaban J connectivity index is 1.46. The van der Waals surface area contributed by atoms with Gasteiger partial charge in [0.15, 0.2) is 0 Å². The summed E-state index contributed by atoms with van der Waals surface area (Å²) in [4.78, 5) is 44.2. The van der Waals surface area contributed by atoms with Crippen LogP contribution in [0.3, 0.4) is 0 Å². The molecule has 4 amide bonds. The number of rotatable bonds is 4. The van der Waals surface area contributed by atoms with Gasteiger partial charge in [-0.2, -0.15) is 26.3 Å². The van der Waals surface area contributed by atoms with Crippen LogP contribution in [0.1, 0.15) is 45.7 Å². The summed E-state index contributed by atoms with van der Waals surface area (Å²) in [5.74, 6) is -1.21. The molecule has 3 heterocycles. The molecule has 2 aliphatic heterocycles. The third-order valence-electron chi connectivity index (χ3n) is 7.46. The zero-order chi connectivity index (χ0) is 29.7. The van der Waals surface area contributed by atoms with Crippen molar-refractivity contribution in [3.05, 3.63) is 88.9 Å². The van der Waals surface area contributed by atoms with Gasteiger partial charge >= 0.3 is 18.4 Å². The van der Waals surface area contributed by atoms with Gasteiger partial charge < -0.3 is 9.32 Å². The van der Waals surface area contributed by atoms with Gasteiger partial charge in [0.1, 0.15) is 11.3 Å². The highest BCUT2D eigenvalue weighted by Crippen LogP contribution is 2.43. The van der Waals surface area contributed by atoms with Crippen LogP contribution in [0.4, 0.5) is 36.8 Å². The second-order valence-electron chi connectivity index (χ2n) is 9.99. The van der Waals surface area contributed by atoms with Crippen molar-refractivity contribution in [1.82, 2.24) is 9.80 Å². The van der Waals surface area contributed by atoms with E-state index in [0.717, 1.165) is 9.80 Å². The first-order chi connectivity index (χ1) is 19.2. The number of carbonyl (C=O) groups excluding carboxylic acids is 3. The molecule has 0 radical (unpaired) electrons. The predicted molar refractivity (Wildman–Crippen MR) is 133 cm³/mol. The zero-order valence-corrected chi connectivity index (χ0v) is 21.6. The minimum absolute atomic E-state index is 0.0432. The van der Waals surface area contributed by atoms with E-state index in [1.807, 2.05) is 0 Å². The van der Waals surface area contributed by atoms with Crippen molar-refractivity contribution in [1.29, 1.82) is 0 Å². The number of carbonyl (C=O) groups is 3. The Bertz CT molecular complexity index is 1460. The second kappa shape index (κ2) is 9.96. The molecule has 2 aliphatic rings. The molecular weight excluding hydrogens is 556 g/mol. The molecule has 7 nitrogen and oxygen atoms in total. The van der Waals surface area contributed by atoms with Gasteiger partial charge in [0.25, 0.3) is 11.8 Å². The Hall–Kier alpha value is -4.29. The van der Waals surface area contributed by atoms with E-state index in [4.69, 9.17) is 4.42 Å². The maximum Gasteiger partial charge on any atom is 0.416 e. The summed E-state index contributed by atoms with van der Waals surface area (Å²) in [5, 5.41) is 0. The number of benzene rings is 2. The molecule has 41 heavy (non-hydrogen) atoms. The van der Waals surface area contributed by atoms with E-state index >= 15 is 0 Å². The summed E-state index contributed by atoms with van der Waals surface area (Å²) >= 11 is 0. The largest absolute Gasteiger partial charge is 0.467 e. The van der Waals surface area contributed by atoms with Crippen molar-refractivity contribution in [2.24, 2.45) is 0 Å². The third-order valence-corrected chi connectivity index (χ3v) is 7.46. The Kier molecular flexibility index (Phi) is 6.86. The number of anilines is 1. The van der Waals surface area contributed by atoms with Gasteiger partial charge in [0, 0.05) is 24.3 Å². The summed E-state index contributed by atoms with van der Waals surface area (Å²) in [5.41, 5.74) is -4.21. The van der Waals surface area contributed by atoms with Crippen LogP contribution in [0.25, 0.3) is 0 Å². The van der Waals surface area contributed by atoms with Crippen molar-refractivity contribution in [2.75, 3.05) is 18.0 Å². The number of nitrogens with zero attached hydrogens (tertiary/aromatic N) is 3. The smallest absolute Gasteiger partial charge is 0.416 e. The molecule has 216 valence electrons. The van der Waals surface area contributed by atoms with Crippen LogP contribution in [0, 0.1) is 6.92 Å². The molecule has 0 aliphatic carbocycles. The Morgan fingerprint density at radius 1 is 0.902 bits per heavy atom. The molecule has 2 fully saturated rings. The number of imide groups is 1. The fourth-order valence-electron chi connectivity index (χ4n) is 5.36. The van der Waals surface area contributed by atoms with E-state index in [1.165, 1.54) is 11.2 Å². The van der Waals surface area contributed by atoms with Gasteiger partial charge in [0.05, 0.1) is 23.9 Å². The predicted octanol–water partition coefficient (Wildman–Crippen LogP) is 6.27. The molecule has 2 aromatic carbocycles. The van der Waals surface area contributed by atoms with Crippen LogP contribution in [0.2, 0.25) is 0 Å². The fourth-order valence-corrected chi connectivity index (χ4v) is 5.36. The van der Waals surface area contributed by atoms with Crippen LogP contribution in [-0.2, 0) is 23.7 Å². The maximum atomic E-state index is 13.8. The van der Waals surface area contributed by atoms with Gasteiger partial charge in [-0.15, -0.1) is 0 Å². The zero-order valence-electron chi connectivity index (χ0n) is 21.6. The lowest BCUT2D eigenvalue weighted by atomic mass is 9.84. The van der Waals surface area contributed by atoms with E-state index in [-0.39, 0.29) is 38.5 Å². The van der Waals surface area contributed by atoms with Crippen molar-refractivity contribution in [3.8, 4) is 0 Å². The fraction of sp³-hybridized carbons (Fsp3) is 0.321. The van der Waals surface area contributed by atoms with Gasteiger partial charge in [-0.3, -0.25) is 19.4 Å². The summed E-state index contributed by atoms with van der Waals surface area (Å²) in [7, 11) is 0. The van der Waals surface area contributed by atoms with Crippen molar-refractivity contribution in [2.45, 2.75) is 44.2 Å². The summed E-state index contributed by atoms with van der Waals surface area (Å²) in [6.07, 6.45) is -8.99. The van der Waals surface area contributed by atoms with Crippen LogP contribution in [0.15, 0.2) is 65.3 Å². The topological polar surface area (TPSA) is 74.1 Å². The molecule has 0 N–H and O–H groups in total. The number of amides is 4. The van der Waals surface area contributed by atoms with Gasteiger partial charge in [-0.1, -0.05) is 18.2 Å². The van der Waals surface area contributed by atoms with Gasteiger partial charge in [-0.25, -0.2) is 4.79 Å². The molecule has 0 saturated carbocycles. The van der Waals surface area contributed by atoms with Crippen molar-refractivity contribution < 1.29 is 45.1 Å². The lowest BCUT2D eigenvalue weighted by Crippen LogP contribution is -2.57. The number of aryl methyl sites for hydroxylation is 1. The van der Waals surface area contributed by atoms with E-state index in [2.05, 4.69) is 0 Å². The summed E-state index contributed by atoms with van der Waals surface area (Å²) in [6.45, 7) is 1.25. The Labute approximate surface area is 229 Å². The molecular formula is C28H23F6N3O4. The molecule has 0 bridgehead atoms. The minimum Gasteiger partial charge on any atom is -0.467 e. The first-order valence-electron chi connectivity index (χ1n) is 12.6. The molecule has 1 aromatic heterocycles. The molecule has 3 aromatic rings. The highest BCUT2D eigenvalue weighted by molar-refractivity contribution is 6.17. The van der Waals surface area contributed by atoms with E-state index in [1.54, 1.807) is 43.3 Å². The lowest BCUT2D eigenvalue weighted by molar-refractivity contribution is -0.143. The number of hydrogen-bond donors (Lipinski definition) is 0. The van der Waals surface area contributed by atoms with Crippen LogP contribution in [0.5, 0.6) is 0 Å². The standard InChI is InChI=1S/C28H23F6N3O4/c1-17-5-2-3-7-22(17)37-25(40)36(16-21-6-4-12-41-21)24(39)26(37)8-10-35(11-9-26)23(38)18-13-19(27(29,30)31)15-20(14-18)28(32,33)34/h2-7,12-15H,8-11,16H2,1H3. The lowest BCUT2D eigenvalue weighted by Gasteiger charge is -2.42. The summed E-state index contributed by atoms with van der Waals surface area (Å²) < 4.78 is 85.4. The highest BCUT2D eigenvalue weighted by Gasteiger charge is 2.59. The number of halogens is 6. The summed E-state index contributed by atoms with van der Waals surface area (Å²) in [6, 6.07) is 10.2. The highest BCUT2D eigenvalue weighted by atomic mass is 19.4. The first kappa shape index (κ1) is 28.2. The number of para-hydroxylation sites is 1. The number of urea groups is 1. The second-order valence-corrected chi connectivity index (χ2v) is 9.99. The van der Waals surface area contributed by atoms with E-state index < -0.39 is 52.4 Å². The van der Waals surface area contributed by atoms with Gasteiger partial charge in [0.2, 0.25) is 0 Å². The molecule has 5 rings (SSSR count). The normalized spacial score (nSPS) is 17.6. The number of piperidine rings is 1. The molecule has 13 heteroatoms. The number of furan rings is 1. The maximum absolute atomic E-state index is 13.8. The SMILES string of the molecule is Cc1ccccc1N1C(=O)N(Cc2ccco2)C(=O)C12CCN(C(=O)c1cc(C(F)(F)F)cc(C(F)(F)F)c1)CC2. The average Bonchev–Trinajstić information content (AvgIpc) is 3.50. The third kappa shape index (κ3) is 5.04. The van der Waals surface area contributed by atoms with E-state index in [0.29, 0.717) is 29.1 Å². The average molecular weight is 579 g/mol. The number of likely N-dealkylation sites (tertiary alicyclic amines) is 1. The van der Waals surface area contributed by atoms with Crippen LogP contribution < -0.4 is 4.90 Å². The van der Waals surface area contributed by atoms with Crippen molar-refractivity contribution >= 4 is 23.5 Å². The molecule has 2 saturated heterocycles.